The summed E-state index contributed by atoms with van der Waals surface area (Å²) in [5.41, 5.74) is 1.71. The highest BCUT2D eigenvalue weighted by Crippen LogP contribution is 2.44. The van der Waals surface area contributed by atoms with Gasteiger partial charge in [-0.3, -0.25) is 4.79 Å². The van der Waals surface area contributed by atoms with E-state index in [0.717, 1.165) is 21.5 Å². The van der Waals surface area contributed by atoms with Gasteiger partial charge in [0.05, 0.1) is 5.52 Å². The van der Waals surface area contributed by atoms with Crippen molar-refractivity contribution in [3.8, 4) is 0 Å². The van der Waals surface area contributed by atoms with Gasteiger partial charge in [0.2, 0.25) is 0 Å². The first-order valence-electron chi connectivity index (χ1n) is 4.93. The standard InChI is InChI=1S/C11H9ClN2O/c12-9-5-10-7(4-11(15)14-13-10)3-8(9)6-1-2-6/h3-6H,1-2H2,(H,14,15). The molecule has 4 heteroatoms. The highest BCUT2D eigenvalue weighted by Gasteiger charge is 2.26. The number of fused-ring (bicyclic) bond motifs is 1. The zero-order chi connectivity index (χ0) is 10.4. The highest BCUT2D eigenvalue weighted by molar-refractivity contribution is 6.32. The Balaban J connectivity index is 2.30. The fourth-order valence-electron chi connectivity index (χ4n) is 1.81. The van der Waals surface area contributed by atoms with Gasteiger partial charge in [-0.1, -0.05) is 11.6 Å². The second-order valence-electron chi connectivity index (χ2n) is 3.94. The van der Waals surface area contributed by atoms with Crippen molar-refractivity contribution in [1.82, 2.24) is 10.2 Å². The number of benzene rings is 1. The van der Waals surface area contributed by atoms with E-state index in [9.17, 15) is 4.79 Å². The first kappa shape index (κ1) is 8.92. The summed E-state index contributed by atoms with van der Waals surface area (Å²) in [6, 6.07) is 5.36. The monoisotopic (exact) mass is 220 g/mol. The molecule has 0 saturated heterocycles. The summed E-state index contributed by atoms with van der Waals surface area (Å²) in [5.74, 6) is 0.584. The molecule has 0 aliphatic heterocycles. The van der Waals surface area contributed by atoms with Crippen molar-refractivity contribution < 1.29 is 0 Å². The zero-order valence-electron chi connectivity index (χ0n) is 7.96. The zero-order valence-corrected chi connectivity index (χ0v) is 8.71. The summed E-state index contributed by atoms with van der Waals surface area (Å²) in [6.07, 6.45) is 2.39. The van der Waals surface area contributed by atoms with Crippen LogP contribution in [0, 0.1) is 0 Å². The van der Waals surface area contributed by atoms with Gasteiger partial charge in [-0.05, 0) is 36.5 Å². The van der Waals surface area contributed by atoms with Gasteiger partial charge in [0.1, 0.15) is 0 Å². The summed E-state index contributed by atoms with van der Waals surface area (Å²) in [4.78, 5) is 11.1. The van der Waals surface area contributed by atoms with Crippen molar-refractivity contribution >= 4 is 22.5 Å². The molecular weight excluding hydrogens is 212 g/mol. The smallest absolute Gasteiger partial charge is 0.264 e. The molecule has 1 aliphatic rings. The normalized spacial score (nSPS) is 15.8. The Labute approximate surface area is 91.1 Å². The van der Waals surface area contributed by atoms with Gasteiger partial charge in [-0.2, -0.15) is 5.10 Å². The van der Waals surface area contributed by atoms with Crippen molar-refractivity contribution in [1.29, 1.82) is 0 Å². The molecule has 0 spiro atoms. The Morgan fingerprint density at radius 1 is 1.33 bits per heavy atom. The van der Waals surface area contributed by atoms with Crippen LogP contribution < -0.4 is 5.56 Å². The van der Waals surface area contributed by atoms with Crippen LogP contribution in [-0.2, 0) is 0 Å². The van der Waals surface area contributed by atoms with E-state index >= 15 is 0 Å². The van der Waals surface area contributed by atoms with Crippen molar-refractivity contribution in [2.75, 3.05) is 0 Å². The second kappa shape index (κ2) is 3.07. The third-order valence-electron chi connectivity index (χ3n) is 2.74. The summed E-state index contributed by atoms with van der Waals surface area (Å²) >= 11 is 6.15. The van der Waals surface area contributed by atoms with E-state index in [1.165, 1.54) is 12.8 Å². The summed E-state index contributed by atoms with van der Waals surface area (Å²) in [7, 11) is 0. The predicted molar refractivity (Wildman–Crippen MR) is 59.3 cm³/mol. The molecule has 2 aromatic rings. The van der Waals surface area contributed by atoms with Crippen LogP contribution in [0.25, 0.3) is 10.9 Å². The predicted octanol–water partition coefficient (Wildman–Crippen LogP) is 2.45. The molecule has 76 valence electrons. The van der Waals surface area contributed by atoms with E-state index in [0.29, 0.717) is 5.92 Å². The van der Waals surface area contributed by atoms with Gasteiger partial charge in [0.15, 0.2) is 0 Å². The topological polar surface area (TPSA) is 45.8 Å². The van der Waals surface area contributed by atoms with Crippen LogP contribution in [0.1, 0.15) is 24.3 Å². The van der Waals surface area contributed by atoms with Gasteiger partial charge >= 0.3 is 0 Å². The molecule has 1 heterocycles. The number of nitrogens with one attached hydrogen (secondary N) is 1. The number of hydrogen-bond donors (Lipinski definition) is 1. The Hall–Kier alpha value is -1.35. The molecule has 0 atom stereocenters. The molecule has 0 radical (unpaired) electrons. The van der Waals surface area contributed by atoms with E-state index < -0.39 is 0 Å². The number of hydrogen-bond acceptors (Lipinski definition) is 2. The van der Waals surface area contributed by atoms with E-state index in [2.05, 4.69) is 10.2 Å². The number of nitrogens with zero attached hydrogens (tertiary/aromatic N) is 1. The van der Waals surface area contributed by atoms with Crippen LogP contribution in [0.15, 0.2) is 23.0 Å². The molecule has 3 nitrogen and oxygen atoms in total. The van der Waals surface area contributed by atoms with Gasteiger partial charge in [-0.25, -0.2) is 5.10 Å². The lowest BCUT2D eigenvalue weighted by Gasteiger charge is -2.03. The molecule has 0 amide bonds. The lowest BCUT2D eigenvalue weighted by molar-refractivity contribution is 1.03. The van der Waals surface area contributed by atoms with Gasteiger partial charge in [0, 0.05) is 16.5 Å². The summed E-state index contributed by atoms with van der Waals surface area (Å²) in [6.45, 7) is 0. The summed E-state index contributed by atoms with van der Waals surface area (Å²) < 4.78 is 0. The third kappa shape index (κ3) is 1.53. The van der Waals surface area contributed by atoms with Gasteiger partial charge in [0.25, 0.3) is 5.56 Å². The minimum atomic E-state index is -0.174. The first-order chi connectivity index (χ1) is 7.24. The molecule has 1 fully saturated rings. The largest absolute Gasteiger partial charge is 0.268 e. The lowest BCUT2D eigenvalue weighted by Crippen LogP contribution is -2.05. The number of rotatable bonds is 1. The first-order valence-corrected chi connectivity index (χ1v) is 5.31. The van der Waals surface area contributed by atoms with Crippen molar-refractivity contribution in [3.05, 3.63) is 39.1 Å². The molecule has 1 aliphatic carbocycles. The van der Waals surface area contributed by atoms with E-state index in [4.69, 9.17) is 11.6 Å². The molecule has 1 N–H and O–H groups in total. The van der Waals surface area contributed by atoms with Crippen molar-refractivity contribution in [3.63, 3.8) is 0 Å². The highest BCUT2D eigenvalue weighted by atomic mass is 35.5. The summed E-state index contributed by atoms with van der Waals surface area (Å²) in [5, 5.41) is 7.96. The quantitative estimate of drug-likeness (QED) is 0.803. The average molecular weight is 221 g/mol. The Morgan fingerprint density at radius 3 is 2.87 bits per heavy atom. The van der Waals surface area contributed by atoms with E-state index in [-0.39, 0.29) is 5.56 Å². The molecule has 1 saturated carbocycles. The van der Waals surface area contributed by atoms with Crippen LogP contribution in [0.4, 0.5) is 0 Å². The van der Waals surface area contributed by atoms with E-state index in [1.807, 2.05) is 12.1 Å². The number of halogens is 1. The molecule has 0 unspecified atom stereocenters. The van der Waals surface area contributed by atoms with E-state index in [1.54, 1.807) is 6.07 Å². The molecule has 15 heavy (non-hydrogen) atoms. The van der Waals surface area contributed by atoms with Crippen LogP contribution in [0.3, 0.4) is 0 Å². The number of aromatic amines is 1. The lowest BCUT2D eigenvalue weighted by atomic mass is 10.1. The second-order valence-corrected chi connectivity index (χ2v) is 4.35. The third-order valence-corrected chi connectivity index (χ3v) is 3.06. The maximum Gasteiger partial charge on any atom is 0.264 e. The van der Waals surface area contributed by atoms with Crippen LogP contribution in [0.5, 0.6) is 0 Å². The minimum absolute atomic E-state index is 0.174. The maximum absolute atomic E-state index is 11.1. The Bertz CT molecular complexity index is 587. The van der Waals surface area contributed by atoms with Crippen LogP contribution in [0.2, 0.25) is 5.02 Å². The molecule has 1 aromatic carbocycles. The average Bonchev–Trinajstić information content (AvgIpc) is 3.01. The van der Waals surface area contributed by atoms with Gasteiger partial charge < -0.3 is 0 Å². The fourth-order valence-corrected chi connectivity index (χ4v) is 2.12. The molecule has 0 bridgehead atoms. The Morgan fingerprint density at radius 2 is 2.13 bits per heavy atom. The Kier molecular flexibility index (Phi) is 1.83. The maximum atomic E-state index is 11.1. The van der Waals surface area contributed by atoms with Gasteiger partial charge in [-0.15, -0.1) is 0 Å². The van der Waals surface area contributed by atoms with Crippen LogP contribution >= 0.6 is 11.6 Å². The minimum Gasteiger partial charge on any atom is -0.268 e. The fraction of sp³-hybridized carbons (Fsp3) is 0.273. The SMILES string of the molecule is O=c1cc2cc(C3CC3)c(Cl)cc2n[nH]1. The van der Waals surface area contributed by atoms with Crippen LogP contribution in [-0.4, -0.2) is 10.2 Å². The number of aromatic nitrogens is 2. The molecule has 1 aromatic heterocycles. The number of H-pyrrole nitrogens is 1. The van der Waals surface area contributed by atoms with Crippen molar-refractivity contribution in [2.45, 2.75) is 18.8 Å². The molecular formula is C11H9ClN2O. The molecule has 3 rings (SSSR count). The van der Waals surface area contributed by atoms with Crippen molar-refractivity contribution in [2.24, 2.45) is 0 Å².